The van der Waals surface area contributed by atoms with E-state index in [0.29, 0.717) is 6.42 Å². The Labute approximate surface area is 362 Å². The van der Waals surface area contributed by atoms with Crippen LogP contribution >= 0.6 is 0 Å². The number of aliphatic hydroxyl groups excluding tert-OH is 5. The smallest absolute Gasteiger partial charge is 0.220 e. The quantitative estimate of drug-likeness (QED) is 0.0263. The molecule has 348 valence electrons. The molecule has 7 unspecified atom stereocenters. The van der Waals surface area contributed by atoms with E-state index in [1.54, 1.807) is 6.08 Å². The molecule has 0 aromatic heterocycles. The van der Waals surface area contributed by atoms with Crippen molar-refractivity contribution in [3.63, 3.8) is 0 Å². The zero-order valence-corrected chi connectivity index (χ0v) is 38.3. The number of allylic oxidation sites excluding steroid dienone is 3. The van der Waals surface area contributed by atoms with E-state index in [-0.39, 0.29) is 12.5 Å². The van der Waals surface area contributed by atoms with Crippen LogP contribution in [0.1, 0.15) is 232 Å². The summed E-state index contributed by atoms with van der Waals surface area (Å²) in [4.78, 5) is 12.9. The predicted octanol–water partition coefficient (Wildman–Crippen LogP) is 11.1. The maximum atomic E-state index is 12.9. The van der Waals surface area contributed by atoms with Crippen LogP contribution in [0.4, 0.5) is 0 Å². The number of carbonyl (C=O) groups excluding carboxylic acids is 1. The highest BCUT2D eigenvalue weighted by atomic mass is 16.7. The van der Waals surface area contributed by atoms with E-state index in [4.69, 9.17) is 9.47 Å². The van der Waals surface area contributed by atoms with Gasteiger partial charge in [0.25, 0.3) is 0 Å². The van der Waals surface area contributed by atoms with Crippen LogP contribution in [0.3, 0.4) is 0 Å². The van der Waals surface area contributed by atoms with E-state index in [0.717, 1.165) is 64.2 Å². The van der Waals surface area contributed by atoms with Crippen LogP contribution in [-0.4, -0.2) is 87.5 Å². The number of aliphatic hydroxyl groups is 5. The van der Waals surface area contributed by atoms with Crippen molar-refractivity contribution in [2.45, 2.75) is 275 Å². The van der Waals surface area contributed by atoms with Gasteiger partial charge in [-0.05, 0) is 38.5 Å². The second-order valence-corrected chi connectivity index (χ2v) is 17.6. The maximum absolute atomic E-state index is 12.9. The van der Waals surface area contributed by atoms with Gasteiger partial charge < -0.3 is 40.3 Å². The Morgan fingerprint density at radius 2 is 0.966 bits per heavy atom. The number of hydrogen-bond donors (Lipinski definition) is 6. The molecule has 0 bridgehead atoms. The number of hydrogen-bond acceptors (Lipinski definition) is 8. The zero-order valence-electron chi connectivity index (χ0n) is 38.3. The third-order valence-electron chi connectivity index (χ3n) is 12.0. The lowest BCUT2D eigenvalue weighted by atomic mass is 9.99. The molecule has 0 radical (unpaired) electrons. The molecule has 1 saturated heterocycles. The SMILES string of the molecule is CCCC/C=C\CCCCCCCC(=O)NC(COC1OC(CO)C(O)C(O)C1O)C(O)/C=C/CCCCCCCCCCCCCCCCCCCCCCCCC. The molecule has 1 amide bonds. The Hall–Kier alpha value is -1.33. The monoisotopic (exact) mass is 838 g/mol. The first-order chi connectivity index (χ1) is 28.8. The average Bonchev–Trinajstić information content (AvgIpc) is 3.23. The van der Waals surface area contributed by atoms with Gasteiger partial charge in [0, 0.05) is 6.42 Å². The number of unbranched alkanes of at least 4 members (excludes halogenated alkanes) is 30. The molecule has 0 aromatic rings. The molecule has 1 aliphatic heterocycles. The minimum Gasteiger partial charge on any atom is -0.394 e. The number of carbonyl (C=O) groups is 1. The van der Waals surface area contributed by atoms with Gasteiger partial charge in [-0.2, -0.15) is 0 Å². The molecule has 1 aliphatic rings. The minimum absolute atomic E-state index is 0.187. The molecule has 1 rings (SSSR count). The first-order valence-corrected chi connectivity index (χ1v) is 25.1. The lowest BCUT2D eigenvalue weighted by molar-refractivity contribution is -0.302. The van der Waals surface area contributed by atoms with Gasteiger partial charge in [0.2, 0.25) is 5.91 Å². The molecule has 0 spiro atoms. The Balaban J connectivity index is 2.24. The highest BCUT2D eigenvalue weighted by Crippen LogP contribution is 2.23. The van der Waals surface area contributed by atoms with E-state index in [1.165, 1.54) is 148 Å². The summed E-state index contributed by atoms with van der Waals surface area (Å²) in [5, 5.41) is 54.2. The average molecular weight is 838 g/mol. The molecule has 9 heteroatoms. The lowest BCUT2D eigenvalue weighted by Crippen LogP contribution is -2.60. The normalized spacial score (nSPS) is 20.8. The van der Waals surface area contributed by atoms with Crippen LogP contribution in [0.15, 0.2) is 24.3 Å². The Bertz CT molecular complexity index is 977. The summed E-state index contributed by atoms with van der Waals surface area (Å²) in [5.74, 6) is -0.187. The number of ether oxygens (including phenoxy) is 2. The fourth-order valence-corrected chi connectivity index (χ4v) is 7.96. The molecule has 7 atom stereocenters. The molecule has 1 fully saturated rings. The van der Waals surface area contributed by atoms with Crippen molar-refractivity contribution in [3.05, 3.63) is 24.3 Å². The van der Waals surface area contributed by atoms with Gasteiger partial charge in [-0.1, -0.05) is 212 Å². The van der Waals surface area contributed by atoms with Gasteiger partial charge in [-0.3, -0.25) is 4.79 Å². The summed E-state index contributed by atoms with van der Waals surface area (Å²) in [6, 6.07) is -0.806. The van der Waals surface area contributed by atoms with Crippen LogP contribution in [0, 0.1) is 0 Å². The second-order valence-electron chi connectivity index (χ2n) is 17.6. The summed E-state index contributed by atoms with van der Waals surface area (Å²) in [5.41, 5.74) is 0. The van der Waals surface area contributed by atoms with Crippen molar-refractivity contribution in [3.8, 4) is 0 Å². The second kappa shape index (κ2) is 40.7. The van der Waals surface area contributed by atoms with Gasteiger partial charge >= 0.3 is 0 Å². The third-order valence-corrected chi connectivity index (χ3v) is 12.0. The summed E-state index contributed by atoms with van der Waals surface area (Å²) in [6.07, 6.45) is 42.4. The minimum atomic E-state index is -1.57. The largest absolute Gasteiger partial charge is 0.394 e. The molecule has 6 N–H and O–H groups in total. The highest BCUT2D eigenvalue weighted by Gasteiger charge is 2.44. The van der Waals surface area contributed by atoms with E-state index >= 15 is 0 Å². The van der Waals surface area contributed by atoms with Crippen LogP contribution < -0.4 is 5.32 Å². The highest BCUT2D eigenvalue weighted by molar-refractivity contribution is 5.76. The molecular weight excluding hydrogens is 743 g/mol. The van der Waals surface area contributed by atoms with Crippen molar-refractivity contribution in [2.24, 2.45) is 0 Å². The summed E-state index contributed by atoms with van der Waals surface area (Å²) in [7, 11) is 0. The van der Waals surface area contributed by atoms with Crippen molar-refractivity contribution in [1.82, 2.24) is 5.32 Å². The maximum Gasteiger partial charge on any atom is 0.220 e. The Morgan fingerprint density at radius 1 is 0.559 bits per heavy atom. The summed E-state index contributed by atoms with van der Waals surface area (Å²) < 4.78 is 11.2. The van der Waals surface area contributed by atoms with Crippen LogP contribution in [0.2, 0.25) is 0 Å². The first kappa shape index (κ1) is 55.7. The van der Waals surface area contributed by atoms with Gasteiger partial charge in [0.15, 0.2) is 6.29 Å². The lowest BCUT2D eigenvalue weighted by Gasteiger charge is -2.40. The Morgan fingerprint density at radius 3 is 1.42 bits per heavy atom. The summed E-state index contributed by atoms with van der Waals surface area (Å²) >= 11 is 0. The van der Waals surface area contributed by atoms with Gasteiger partial charge in [-0.15, -0.1) is 0 Å². The third kappa shape index (κ3) is 31.2. The topological polar surface area (TPSA) is 149 Å². The number of nitrogens with one attached hydrogen (secondary N) is 1. The molecule has 9 nitrogen and oxygen atoms in total. The van der Waals surface area contributed by atoms with E-state index in [1.807, 2.05) is 6.08 Å². The van der Waals surface area contributed by atoms with Crippen LogP contribution in [0.25, 0.3) is 0 Å². The Kier molecular flexibility index (Phi) is 38.4. The van der Waals surface area contributed by atoms with E-state index < -0.39 is 49.5 Å². The fraction of sp³-hybridized carbons (Fsp3) is 0.900. The molecule has 1 heterocycles. The molecule has 0 aliphatic carbocycles. The van der Waals surface area contributed by atoms with E-state index in [2.05, 4.69) is 31.3 Å². The zero-order chi connectivity index (χ0) is 43.0. The van der Waals surface area contributed by atoms with Crippen LogP contribution in [-0.2, 0) is 14.3 Å². The van der Waals surface area contributed by atoms with Gasteiger partial charge in [-0.25, -0.2) is 0 Å². The molecule has 0 saturated carbocycles. The standard InChI is InChI=1S/C50H95NO8/c1-3-5-7-9-11-13-15-16-17-18-19-20-21-22-23-24-25-26-27-28-30-31-33-35-37-39-44(53)43(42-58-50-49(57)48(56)47(55)45(41-52)59-50)51-46(54)40-38-36-34-32-29-14-12-10-8-6-4-2/h10,12,37,39,43-45,47-50,52-53,55-57H,3-9,11,13-36,38,40-42H2,1-2H3,(H,51,54)/b12-10-,39-37+. The van der Waals surface area contributed by atoms with Crippen molar-refractivity contribution in [2.75, 3.05) is 13.2 Å². The van der Waals surface area contributed by atoms with Crippen LogP contribution in [0.5, 0.6) is 0 Å². The van der Waals surface area contributed by atoms with Gasteiger partial charge in [0.05, 0.1) is 25.4 Å². The molecular formula is C50H95NO8. The van der Waals surface area contributed by atoms with Crippen molar-refractivity contribution < 1.29 is 39.8 Å². The van der Waals surface area contributed by atoms with Gasteiger partial charge in [0.1, 0.15) is 24.4 Å². The fourth-order valence-electron chi connectivity index (χ4n) is 7.96. The van der Waals surface area contributed by atoms with Crippen molar-refractivity contribution in [1.29, 1.82) is 0 Å². The summed E-state index contributed by atoms with van der Waals surface area (Å²) in [6.45, 7) is 3.74. The number of amides is 1. The van der Waals surface area contributed by atoms with E-state index in [9.17, 15) is 30.3 Å². The number of rotatable bonds is 42. The predicted molar refractivity (Wildman–Crippen MR) is 244 cm³/mol. The molecule has 59 heavy (non-hydrogen) atoms. The molecule has 0 aromatic carbocycles. The first-order valence-electron chi connectivity index (χ1n) is 25.1. The van der Waals surface area contributed by atoms with Crippen molar-refractivity contribution >= 4 is 5.91 Å².